The van der Waals surface area contributed by atoms with Gasteiger partial charge in [-0.2, -0.15) is 0 Å². The van der Waals surface area contributed by atoms with Crippen molar-refractivity contribution in [1.82, 2.24) is 0 Å². The molecule has 150 valence electrons. The van der Waals surface area contributed by atoms with Crippen LogP contribution in [0.25, 0.3) is 22.1 Å². The van der Waals surface area contributed by atoms with E-state index >= 15 is 0 Å². The standard InChI is InChI=1S/C24H18BrNO4/c1-2-29-22-11-10-17(14-20(22)25)23(27)26-18-8-5-7-15(12-18)19-13-16-6-3-4-9-21(16)30-24(19)28/h3-14H,2H2,1H3,(H,26,27). The number of carbonyl (C=O) groups is 1. The minimum Gasteiger partial charge on any atom is -0.493 e. The summed E-state index contributed by atoms with van der Waals surface area (Å²) in [5, 5.41) is 3.70. The fraction of sp³-hybridized carbons (Fsp3) is 0.0833. The van der Waals surface area contributed by atoms with Crippen LogP contribution < -0.4 is 15.7 Å². The van der Waals surface area contributed by atoms with E-state index < -0.39 is 5.63 Å². The van der Waals surface area contributed by atoms with E-state index in [9.17, 15) is 9.59 Å². The number of hydrogen-bond acceptors (Lipinski definition) is 4. The second kappa shape index (κ2) is 8.55. The number of hydrogen-bond donors (Lipinski definition) is 1. The predicted octanol–water partition coefficient (Wildman–Crippen LogP) is 5.87. The van der Waals surface area contributed by atoms with E-state index in [2.05, 4.69) is 21.2 Å². The van der Waals surface area contributed by atoms with Crippen LogP contribution in [0.4, 0.5) is 5.69 Å². The van der Waals surface area contributed by atoms with Crippen LogP contribution >= 0.6 is 15.9 Å². The fourth-order valence-electron chi connectivity index (χ4n) is 3.15. The van der Waals surface area contributed by atoms with Gasteiger partial charge in [0.2, 0.25) is 0 Å². The lowest BCUT2D eigenvalue weighted by Crippen LogP contribution is -2.12. The van der Waals surface area contributed by atoms with Gasteiger partial charge in [-0.1, -0.05) is 30.3 Å². The summed E-state index contributed by atoms with van der Waals surface area (Å²) in [6, 6.07) is 21.4. The highest BCUT2D eigenvalue weighted by Gasteiger charge is 2.12. The van der Waals surface area contributed by atoms with Crippen molar-refractivity contribution in [2.45, 2.75) is 6.92 Å². The Morgan fingerprint density at radius 3 is 2.67 bits per heavy atom. The van der Waals surface area contributed by atoms with Crippen molar-refractivity contribution >= 4 is 38.5 Å². The van der Waals surface area contributed by atoms with E-state index in [0.717, 1.165) is 5.39 Å². The van der Waals surface area contributed by atoms with Gasteiger partial charge in [-0.25, -0.2) is 4.79 Å². The van der Waals surface area contributed by atoms with Crippen molar-refractivity contribution in [2.75, 3.05) is 11.9 Å². The lowest BCUT2D eigenvalue weighted by molar-refractivity contribution is 0.102. The highest BCUT2D eigenvalue weighted by molar-refractivity contribution is 9.10. The highest BCUT2D eigenvalue weighted by atomic mass is 79.9. The van der Waals surface area contributed by atoms with Crippen LogP contribution in [0.1, 0.15) is 17.3 Å². The topological polar surface area (TPSA) is 68.5 Å². The fourth-order valence-corrected chi connectivity index (χ4v) is 3.64. The van der Waals surface area contributed by atoms with Crippen molar-refractivity contribution < 1.29 is 13.9 Å². The van der Waals surface area contributed by atoms with Gasteiger partial charge in [0.1, 0.15) is 11.3 Å². The van der Waals surface area contributed by atoms with Gasteiger partial charge >= 0.3 is 5.63 Å². The molecule has 0 bridgehead atoms. The first-order chi connectivity index (χ1) is 14.5. The summed E-state index contributed by atoms with van der Waals surface area (Å²) >= 11 is 3.42. The quantitative estimate of drug-likeness (QED) is 0.375. The number of fused-ring (bicyclic) bond motifs is 1. The Balaban J connectivity index is 1.61. The maximum Gasteiger partial charge on any atom is 0.344 e. The number of anilines is 1. The van der Waals surface area contributed by atoms with E-state index in [1.165, 1.54) is 0 Å². The summed E-state index contributed by atoms with van der Waals surface area (Å²) in [6.07, 6.45) is 0. The SMILES string of the molecule is CCOc1ccc(C(=O)Nc2cccc(-c3cc4ccccc4oc3=O)c2)cc1Br. The van der Waals surface area contributed by atoms with Gasteiger partial charge in [0.25, 0.3) is 5.91 Å². The number of para-hydroxylation sites is 1. The summed E-state index contributed by atoms with van der Waals surface area (Å²) in [5.74, 6) is 0.417. The third kappa shape index (κ3) is 4.14. The summed E-state index contributed by atoms with van der Waals surface area (Å²) < 4.78 is 11.6. The maximum atomic E-state index is 12.7. The third-order valence-electron chi connectivity index (χ3n) is 4.57. The van der Waals surface area contributed by atoms with Crippen LogP contribution in [0.15, 0.2) is 86.5 Å². The Labute approximate surface area is 181 Å². The second-order valence-electron chi connectivity index (χ2n) is 6.60. The van der Waals surface area contributed by atoms with Gasteiger partial charge in [0, 0.05) is 16.6 Å². The van der Waals surface area contributed by atoms with E-state index in [-0.39, 0.29) is 5.91 Å². The molecule has 0 saturated carbocycles. The van der Waals surface area contributed by atoms with Crippen LogP contribution in [0, 0.1) is 0 Å². The van der Waals surface area contributed by atoms with Gasteiger partial charge in [0.15, 0.2) is 0 Å². The van der Waals surface area contributed by atoms with E-state index in [1.807, 2.05) is 31.2 Å². The number of amides is 1. The summed E-state index contributed by atoms with van der Waals surface area (Å²) in [4.78, 5) is 25.1. The molecule has 0 aliphatic heterocycles. The van der Waals surface area contributed by atoms with E-state index in [0.29, 0.717) is 44.8 Å². The lowest BCUT2D eigenvalue weighted by Gasteiger charge is -2.10. The van der Waals surface area contributed by atoms with Crippen molar-refractivity contribution in [3.05, 3.63) is 93.3 Å². The predicted molar refractivity (Wildman–Crippen MR) is 121 cm³/mol. The zero-order valence-corrected chi connectivity index (χ0v) is 17.7. The monoisotopic (exact) mass is 463 g/mol. The number of benzene rings is 3. The Kier molecular flexibility index (Phi) is 5.68. The first-order valence-corrected chi connectivity index (χ1v) is 10.2. The highest BCUT2D eigenvalue weighted by Crippen LogP contribution is 2.27. The smallest absolute Gasteiger partial charge is 0.344 e. The second-order valence-corrected chi connectivity index (χ2v) is 7.45. The molecule has 0 atom stereocenters. The van der Waals surface area contributed by atoms with Gasteiger partial charge in [0.05, 0.1) is 16.6 Å². The summed E-state index contributed by atoms with van der Waals surface area (Å²) in [5.41, 5.74) is 2.29. The average Bonchev–Trinajstić information content (AvgIpc) is 2.75. The normalized spacial score (nSPS) is 10.7. The van der Waals surface area contributed by atoms with E-state index in [4.69, 9.17) is 9.15 Å². The molecule has 1 N–H and O–H groups in total. The van der Waals surface area contributed by atoms with Crippen molar-refractivity contribution in [3.63, 3.8) is 0 Å². The number of rotatable bonds is 5. The number of carbonyl (C=O) groups excluding carboxylic acids is 1. The Bertz CT molecular complexity index is 1300. The van der Waals surface area contributed by atoms with Crippen molar-refractivity contribution in [3.8, 4) is 16.9 Å². The third-order valence-corrected chi connectivity index (χ3v) is 5.19. The molecule has 1 heterocycles. The van der Waals surface area contributed by atoms with Crippen LogP contribution in [0.3, 0.4) is 0 Å². The molecule has 6 heteroatoms. The lowest BCUT2D eigenvalue weighted by atomic mass is 10.1. The molecular formula is C24H18BrNO4. The molecule has 1 aromatic heterocycles. The molecule has 4 aromatic rings. The van der Waals surface area contributed by atoms with Crippen molar-refractivity contribution in [1.29, 1.82) is 0 Å². The largest absolute Gasteiger partial charge is 0.493 e. The molecule has 5 nitrogen and oxygen atoms in total. The number of ether oxygens (including phenoxy) is 1. The maximum absolute atomic E-state index is 12.7. The molecule has 4 rings (SSSR count). The Hall–Kier alpha value is -3.38. The molecular weight excluding hydrogens is 446 g/mol. The first-order valence-electron chi connectivity index (χ1n) is 9.42. The van der Waals surface area contributed by atoms with Crippen molar-refractivity contribution in [2.24, 2.45) is 0 Å². The zero-order valence-electron chi connectivity index (χ0n) is 16.1. The molecule has 3 aromatic carbocycles. The summed E-state index contributed by atoms with van der Waals surface area (Å²) in [7, 11) is 0. The molecule has 30 heavy (non-hydrogen) atoms. The van der Waals surface area contributed by atoms with Gasteiger partial charge < -0.3 is 14.5 Å². The average molecular weight is 464 g/mol. The molecule has 0 unspecified atom stereocenters. The molecule has 0 aliphatic carbocycles. The van der Waals surface area contributed by atoms with Gasteiger partial charge in [-0.3, -0.25) is 4.79 Å². The van der Waals surface area contributed by atoms with E-state index in [1.54, 1.807) is 48.5 Å². The van der Waals surface area contributed by atoms with Crippen LogP contribution in [0.2, 0.25) is 0 Å². The molecule has 0 radical (unpaired) electrons. The zero-order chi connectivity index (χ0) is 21.1. The first kappa shape index (κ1) is 19.9. The molecule has 0 saturated heterocycles. The van der Waals surface area contributed by atoms with Gasteiger partial charge in [-0.15, -0.1) is 0 Å². The van der Waals surface area contributed by atoms with Crippen LogP contribution in [-0.4, -0.2) is 12.5 Å². The van der Waals surface area contributed by atoms with Crippen LogP contribution in [-0.2, 0) is 0 Å². The molecule has 0 spiro atoms. The molecule has 1 amide bonds. The van der Waals surface area contributed by atoms with Gasteiger partial charge in [-0.05, 0) is 70.9 Å². The molecule has 0 aliphatic rings. The number of halogens is 1. The molecule has 0 fully saturated rings. The minimum absolute atomic E-state index is 0.263. The van der Waals surface area contributed by atoms with Crippen LogP contribution in [0.5, 0.6) is 5.75 Å². The Morgan fingerprint density at radius 2 is 1.87 bits per heavy atom. The Morgan fingerprint density at radius 1 is 1.03 bits per heavy atom. The minimum atomic E-state index is -0.423. The summed E-state index contributed by atoms with van der Waals surface area (Å²) in [6.45, 7) is 2.44. The number of nitrogens with one attached hydrogen (secondary N) is 1.